The minimum atomic E-state index is -0.815. The second kappa shape index (κ2) is 4.46. The molecule has 0 N–H and O–H groups in total. The molecule has 0 aromatic heterocycles. The van der Waals surface area contributed by atoms with Crippen LogP contribution in [-0.4, -0.2) is 11.6 Å². The summed E-state index contributed by atoms with van der Waals surface area (Å²) >= 11 is 0. The van der Waals surface area contributed by atoms with Gasteiger partial charge in [-0.05, 0) is 20.3 Å². The van der Waals surface area contributed by atoms with Gasteiger partial charge in [0.1, 0.15) is 0 Å². The van der Waals surface area contributed by atoms with Gasteiger partial charge in [-0.1, -0.05) is 6.92 Å². The highest BCUT2D eigenvalue weighted by atomic mass is 15.2. The predicted molar refractivity (Wildman–Crippen MR) is 44.2 cm³/mol. The predicted octanol–water partition coefficient (Wildman–Crippen LogP) is 2.04. The van der Waals surface area contributed by atoms with Crippen LogP contribution < -0.4 is 0 Å². The number of rotatable bonds is 3. The average molecular weight is 164 g/mol. The highest BCUT2D eigenvalue weighted by Gasteiger charge is 2.15. The van der Waals surface area contributed by atoms with Crippen LogP contribution in [0, 0.1) is 22.7 Å². The van der Waals surface area contributed by atoms with E-state index in [1.54, 1.807) is 13.8 Å². The summed E-state index contributed by atoms with van der Waals surface area (Å²) in [5.41, 5.74) is -0.815. The van der Waals surface area contributed by atoms with Crippen molar-refractivity contribution in [3.8, 4) is 12.1 Å². The Morgan fingerprint density at radius 2 is 2.00 bits per heavy atom. The van der Waals surface area contributed by atoms with Gasteiger partial charge >= 0.3 is 0 Å². The van der Waals surface area contributed by atoms with Gasteiger partial charge in [0, 0.05) is 0 Å². The van der Waals surface area contributed by atoms with Crippen molar-refractivity contribution < 1.29 is 0 Å². The molecule has 1 unspecified atom stereocenters. The van der Waals surface area contributed by atoms with E-state index in [1.165, 1.54) is 0 Å². The third-order valence-electron chi connectivity index (χ3n) is 1.26. The van der Waals surface area contributed by atoms with Crippen LogP contribution in [0.4, 0.5) is 0 Å². The van der Waals surface area contributed by atoms with E-state index in [0.29, 0.717) is 6.42 Å². The smallest absolute Gasteiger partial charge is 0.162 e. The highest BCUT2D eigenvalue weighted by Crippen LogP contribution is 2.09. The Kier molecular flexibility index (Phi) is 3.93. The van der Waals surface area contributed by atoms with Crippen LogP contribution in [0.1, 0.15) is 27.2 Å². The Morgan fingerprint density at radius 3 is 2.33 bits per heavy atom. The largest absolute Gasteiger partial charge is 0.196 e. The van der Waals surface area contributed by atoms with Crippen LogP contribution in [0.25, 0.3) is 0 Å². The van der Waals surface area contributed by atoms with Crippen LogP contribution in [-0.2, 0) is 0 Å². The molecule has 12 heavy (non-hydrogen) atoms. The third-order valence-corrected chi connectivity index (χ3v) is 1.26. The molecule has 0 aliphatic carbocycles. The first-order valence-electron chi connectivity index (χ1n) is 3.78. The molecule has 0 radical (unpaired) electrons. The molecule has 0 bridgehead atoms. The minimum absolute atomic E-state index is 0.419. The molecule has 0 aliphatic heterocycles. The molecule has 0 aromatic rings. The van der Waals surface area contributed by atoms with E-state index < -0.39 is 11.6 Å². The van der Waals surface area contributed by atoms with Crippen LogP contribution >= 0.6 is 0 Å². The summed E-state index contributed by atoms with van der Waals surface area (Å²) < 4.78 is 0. The molecule has 0 fully saturated rings. The quantitative estimate of drug-likeness (QED) is 0.598. The summed E-state index contributed by atoms with van der Waals surface area (Å²) in [6.07, 6.45) is 0.626. The van der Waals surface area contributed by atoms with Gasteiger partial charge in [0.15, 0.2) is 11.6 Å². The molecule has 0 rings (SSSR count). The molecule has 0 heterocycles. The zero-order chi connectivity index (χ0) is 9.61. The van der Waals surface area contributed by atoms with E-state index in [1.807, 2.05) is 19.1 Å². The van der Waals surface area contributed by atoms with Crippen molar-refractivity contribution in [1.29, 1.82) is 10.5 Å². The van der Waals surface area contributed by atoms with E-state index in [-0.39, 0.29) is 0 Å². The maximum absolute atomic E-state index is 8.57. The maximum Gasteiger partial charge on any atom is 0.162 e. The Morgan fingerprint density at radius 1 is 1.42 bits per heavy atom. The number of hydrogen-bond donors (Lipinski definition) is 0. The molecule has 0 saturated heterocycles. The second-order valence-electron chi connectivity index (χ2n) is 2.94. The third kappa shape index (κ3) is 3.68. The summed E-state index contributed by atoms with van der Waals surface area (Å²) in [7, 11) is 0. The number of hydrogen-bond acceptors (Lipinski definition) is 4. The molecule has 0 amide bonds. The fraction of sp³-hybridized carbons (Fsp3) is 0.750. The lowest BCUT2D eigenvalue weighted by Crippen LogP contribution is -2.12. The lowest BCUT2D eigenvalue weighted by molar-refractivity contribution is 0.588. The van der Waals surface area contributed by atoms with E-state index in [2.05, 4.69) is 10.2 Å². The zero-order valence-corrected chi connectivity index (χ0v) is 7.57. The van der Waals surface area contributed by atoms with Gasteiger partial charge in [-0.3, -0.25) is 0 Å². The minimum Gasteiger partial charge on any atom is -0.196 e. The molecule has 1 atom stereocenters. The molecule has 0 spiro atoms. The van der Waals surface area contributed by atoms with Crippen LogP contribution in [0.15, 0.2) is 10.2 Å². The molecule has 0 aliphatic rings. The summed E-state index contributed by atoms with van der Waals surface area (Å²) in [6.45, 7) is 5.16. The van der Waals surface area contributed by atoms with Crippen molar-refractivity contribution in [2.45, 2.75) is 38.8 Å². The molecule has 4 heteroatoms. The van der Waals surface area contributed by atoms with Crippen molar-refractivity contribution in [3.05, 3.63) is 0 Å². The van der Waals surface area contributed by atoms with Gasteiger partial charge in [-0.2, -0.15) is 20.8 Å². The maximum atomic E-state index is 8.57. The molecular formula is C8H12N4. The van der Waals surface area contributed by atoms with Gasteiger partial charge in [0.2, 0.25) is 0 Å². The average Bonchev–Trinajstić information content (AvgIpc) is 2.06. The zero-order valence-electron chi connectivity index (χ0n) is 7.57. The molecule has 0 saturated carbocycles. The van der Waals surface area contributed by atoms with Gasteiger partial charge in [-0.15, -0.1) is 0 Å². The van der Waals surface area contributed by atoms with Crippen LogP contribution in [0.2, 0.25) is 0 Å². The fourth-order valence-electron chi connectivity index (χ4n) is 0.435. The van der Waals surface area contributed by atoms with Gasteiger partial charge in [0.05, 0.1) is 12.1 Å². The lowest BCUT2D eigenvalue weighted by Gasteiger charge is -2.06. The molecule has 0 aromatic carbocycles. The molecular weight excluding hydrogens is 152 g/mol. The van der Waals surface area contributed by atoms with Crippen LogP contribution in [0.3, 0.4) is 0 Å². The van der Waals surface area contributed by atoms with Crippen molar-refractivity contribution in [2.24, 2.45) is 10.2 Å². The number of nitriles is 2. The van der Waals surface area contributed by atoms with E-state index in [9.17, 15) is 0 Å². The van der Waals surface area contributed by atoms with Crippen molar-refractivity contribution in [2.75, 3.05) is 0 Å². The molecule has 64 valence electrons. The van der Waals surface area contributed by atoms with E-state index in [0.717, 1.165) is 0 Å². The normalized spacial score (nSPS) is 13.8. The SMILES string of the molecule is CCC(C#N)N=NC(C)(C)C#N. The Labute approximate surface area is 72.5 Å². The van der Waals surface area contributed by atoms with Crippen LogP contribution in [0.5, 0.6) is 0 Å². The Hall–Kier alpha value is -1.42. The second-order valence-corrected chi connectivity index (χ2v) is 2.94. The first-order valence-corrected chi connectivity index (χ1v) is 3.78. The molecule has 4 nitrogen and oxygen atoms in total. The fourth-order valence-corrected chi connectivity index (χ4v) is 0.435. The van der Waals surface area contributed by atoms with Gasteiger partial charge < -0.3 is 0 Å². The topological polar surface area (TPSA) is 72.3 Å². The lowest BCUT2D eigenvalue weighted by atomic mass is 10.1. The summed E-state index contributed by atoms with van der Waals surface area (Å²) in [5, 5.41) is 24.6. The van der Waals surface area contributed by atoms with Crippen molar-refractivity contribution in [3.63, 3.8) is 0 Å². The Bertz CT molecular complexity index is 241. The number of azo groups is 1. The summed E-state index contributed by atoms with van der Waals surface area (Å²) in [5.74, 6) is 0. The van der Waals surface area contributed by atoms with Gasteiger partial charge in [0.25, 0.3) is 0 Å². The summed E-state index contributed by atoms with van der Waals surface area (Å²) in [6, 6.07) is 3.53. The summed E-state index contributed by atoms with van der Waals surface area (Å²) in [4.78, 5) is 0. The first-order chi connectivity index (χ1) is 5.55. The standard InChI is InChI=1S/C8H12N4/c1-4-7(5-9)11-12-8(2,3)6-10/h7H,4H2,1-3H3. The van der Waals surface area contributed by atoms with E-state index in [4.69, 9.17) is 10.5 Å². The van der Waals surface area contributed by atoms with Crippen molar-refractivity contribution in [1.82, 2.24) is 0 Å². The number of nitrogens with zero attached hydrogens (tertiary/aromatic N) is 4. The highest BCUT2D eigenvalue weighted by molar-refractivity contribution is 5.00. The van der Waals surface area contributed by atoms with Crippen molar-refractivity contribution >= 4 is 0 Å². The first kappa shape index (κ1) is 10.6. The monoisotopic (exact) mass is 164 g/mol. The Balaban J connectivity index is 4.27. The van der Waals surface area contributed by atoms with E-state index >= 15 is 0 Å². The van der Waals surface area contributed by atoms with Gasteiger partial charge in [-0.25, -0.2) is 0 Å².